The Kier molecular flexibility index (Phi) is 4.56. The zero-order valence-corrected chi connectivity index (χ0v) is 19.6. The van der Waals surface area contributed by atoms with E-state index in [9.17, 15) is 4.79 Å². The van der Waals surface area contributed by atoms with Gasteiger partial charge in [0.1, 0.15) is 28.9 Å². The number of benzene rings is 4. The second-order valence-electron chi connectivity index (χ2n) is 9.15. The molecule has 4 aromatic carbocycles. The van der Waals surface area contributed by atoms with Crippen LogP contribution in [0.15, 0.2) is 106 Å². The topological polar surface area (TPSA) is 57.9 Å². The summed E-state index contributed by atoms with van der Waals surface area (Å²) in [7, 11) is 1.64. The second-order valence-corrected chi connectivity index (χ2v) is 9.15. The molecule has 5 heteroatoms. The Morgan fingerprint density at radius 2 is 1.67 bits per heavy atom. The maximum atomic E-state index is 13.4. The van der Waals surface area contributed by atoms with E-state index in [1.165, 1.54) is 0 Å². The van der Waals surface area contributed by atoms with Crippen LogP contribution in [0.5, 0.6) is 11.5 Å². The molecule has 5 nitrogen and oxygen atoms in total. The van der Waals surface area contributed by atoms with Gasteiger partial charge in [-0.25, -0.2) is 4.79 Å². The first-order valence-electron chi connectivity index (χ1n) is 11.9. The fraction of sp³-hybridized carbons (Fsp3) is 0.129. The van der Waals surface area contributed by atoms with Crippen molar-refractivity contribution >= 4 is 10.8 Å². The highest BCUT2D eigenvalue weighted by Crippen LogP contribution is 2.53. The molecule has 0 radical (unpaired) electrons. The Hall–Kier alpha value is -4.35. The molecule has 2 aliphatic rings. The highest BCUT2D eigenvalue weighted by atomic mass is 16.7. The van der Waals surface area contributed by atoms with Crippen LogP contribution >= 0.6 is 0 Å². The maximum Gasteiger partial charge on any atom is 0.346 e. The molecule has 0 N–H and O–H groups in total. The normalized spacial score (nSPS) is 19.8. The molecular weight excluding hydrogens is 452 g/mol. The fourth-order valence-corrected chi connectivity index (χ4v) is 5.40. The molecule has 2 aliphatic heterocycles. The van der Waals surface area contributed by atoms with Crippen molar-refractivity contribution < 1.29 is 18.6 Å². The molecule has 176 valence electrons. The average Bonchev–Trinajstić information content (AvgIpc) is 2.93. The third-order valence-electron chi connectivity index (χ3n) is 7.15. The number of hydrogen-bond acceptors (Lipinski definition) is 5. The van der Waals surface area contributed by atoms with Crippen molar-refractivity contribution in [2.75, 3.05) is 7.11 Å². The Balaban J connectivity index is 1.49. The van der Waals surface area contributed by atoms with Crippen molar-refractivity contribution in [2.45, 2.75) is 18.3 Å². The molecule has 2 bridgehead atoms. The maximum absolute atomic E-state index is 13.4. The first-order chi connectivity index (χ1) is 17.6. The van der Waals surface area contributed by atoms with Crippen LogP contribution < -0.4 is 15.1 Å². The van der Waals surface area contributed by atoms with Gasteiger partial charge in [0.15, 0.2) is 0 Å². The van der Waals surface area contributed by atoms with Crippen LogP contribution in [0.2, 0.25) is 0 Å². The summed E-state index contributed by atoms with van der Waals surface area (Å²) in [6, 6.07) is 31.5. The third-order valence-corrected chi connectivity index (χ3v) is 7.15. The molecule has 0 aliphatic carbocycles. The highest BCUT2D eigenvalue weighted by molar-refractivity contribution is 5.87. The van der Waals surface area contributed by atoms with E-state index in [1.54, 1.807) is 7.11 Å². The summed E-state index contributed by atoms with van der Waals surface area (Å²) in [5, 5.41) is 2.26. The fourth-order valence-electron chi connectivity index (χ4n) is 5.40. The predicted octanol–water partition coefficient (Wildman–Crippen LogP) is 6.38. The SMILES string of the molecule is COc1ccc([C@]23Cc4c(ccc5ccccc45)[C@H](O2)c2c(cc(-c4ccccc4)oc2=O)O3)cc1. The smallest absolute Gasteiger partial charge is 0.346 e. The van der Waals surface area contributed by atoms with Crippen molar-refractivity contribution in [3.05, 3.63) is 130 Å². The molecule has 7 rings (SSSR count). The van der Waals surface area contributed by atoms with Crippen molar-refractivity contribution in [2.24, 2.45) is 0 Å². The molecule has 5 aromatic rings. The molecule has 1 aromatic heterocycles. The zero-order chi connectivity index (χ0) is 24.3. The summed E-state index contributed by atoms with van der Waals surface area (Å²) >= 11 is 0. The van der Waals surface area contributed by atoms with E-state index < -0.39 is 17.5 Å². The van der Waals surface area contributed by atoms with Crippen LogP contribution in [0.25, 0.3) is 22.1 Å². The summed E-state index contributed by atoms with van der Waals surface area (Å²) < 4.78 is 24.5. The lowest BCUT2D eigenvalue weighted by atomic mass is 9.82. The Labute approximate surface area is 207 Å². The van der Waals surface area contributed by atoms with Gasteiger partial charge in [0.05, 0.1) is 7.11 Å². The standard InChI is InChI=1S/C31H22O5/c1-33-22-14-12-21(13-15-22)31-18-25-23-10-6-5-7-19(23)11-16-24(25)29(36-31)28-27(35-31)17-26(34-30(28)32)20-8-3-2-4-9-20/h2-17,29H,18H2,1H3/t29-,31-/m0/s1. The summed E-state index contributed by atoms with van der Waals surface area (Å²) in [4.78, 5) is 13.4. The van der Waals surface area contributed by atoms with Gasteiger partial charge in [-0.2, -0.15) is 0 Å². The van der Waals surface area contributed by atoms with Gasteiger partial charge in [-0.1, -0.05) is 66.7 Å². The number of rotatable bonds is 3. The van der Waals surface area contributed by atoms with E-state index in [0.29, 0.717) is 23.5 Å². The lowest BCUT2D eigenvalue weighted by molar-refractivity contribution is -0.237. The molecule has 3 heterocycles. The van der Waals surface area contributed by atoms with Crippen LogP contribution in [0.4, 0.5) is 0 Å². The molecule has 36 heavy (non-hydrogen) atoms. The van der Waals surface area contributed by atoms with E-state index >= 15 is 0 Å². The van der Waals surface area contributed by atoms with Crippen LogP contribution in [0, 0.1) is 0 Å². The summed E-state index contributed by atoms with van der Waals surface area (Å²) in [5.74, 6) is 0.582. The minimum atomic E-state index is -1.11. The molecule has 2 atom stereocenters. The van der Waals surface area contributed by atoms with E-state index in [2.05, 4.69) is 24.3 Å². The summed E-state index contributed by atoms with van der Waals surface area (Å²) in [6.07, 6.45) is -0.127. The molecular formula is C31H22O5. The summed E-state index contributed by atoms with van der Waals surface area (Å²) in [6.45, 7) is 0. The lowest BCUT2D eigenvalue weighted by Crippen LogP contribution is -2.47. The molecule has 0 saturated carbocycles. The highest BCUT2D eigenvalue weighted by Gasteiger charge is 2.50. The predicted molar refractivity (Wildman–Crippen MR) is 136 cm³/mol. The van der Waals surface area contributed by atoms with Crippen molar-refractivity contribution in [1.29, 1.82) is 0 Å². The van der Waals surface area contributed by atoms with Crippen LogP contribution in [0.1, 0.15) is 28.4 Å². The minimum Gasteiger partial charge on any atom is -0.497 e. The lowest BCUT2D eigenvalue weighted by Gasteiger charge is -2.46. The Bertz CT molecular complexity index is 1670. The molecule has 0 amide bonds. The monoisotopic (exact) mass is 474 g/mol. The molecule has 0 spiro atoms. The van der Waals surface area contributed by atoms with E-state index in [1.807, 2.05) is 72.8 Å². The van der Waals surface area contributed by atoms with Crippen LogP contribution in [-0.2, 0) is 16.9 Å². The van der Waals surface area contributed by atoms with E-state index in [4.69, 9.17) is 18.6 Å². The Morgan fingerprint density at radius 3 is 2.47 bits per heavy atom. The minimum absolute atomic E-state index is 0.384. The van der Waals surface area contributed by atoms with Crippen molar-refractivity contribution in [3.63, 3.8) is 0 Å². The van der Waals surface area contributed by atoms with Gasteiger partial charge in [-0.3, -0.25) is 0 Å². The number of hydrogen-bond donors (Lipinski definition) is 0. The second kappa shape index (κ2) is 7.83. The molecule has 0 fully saturated rings. The van der Waals surface area contributed by atoms with Gasteiger partial charge >= 0.3 is 5.63 Å². The van der Waals surface area contributed by atoms with E-state index in [0.717, 1.165) is 38.8 Å². The van der Waals surface area contributed by atoms with Gasteiger partial charge in [-0.15, -0.1) is 0 Å². The largest absolute Gasteiger partial charge is 0.497 e. The first-order valence-corrected chi connectivity index (χ1v) is 11.9. The van der Waals surface area contributed by atoms with Gasteiger partial charge in [0.2, 0.25) is 5.79 Å². The zero-order valence-electron chi connectivity index (χ0n) is 19.6. The molecule has 0 unspecified atom stereocenters. The van der Waals surface area contributed by atoms with Crippen molar-refractivity contribution in [3.8, 4) is 22.8 Å². The van der Waals surface area contributed by atoms with Gasteiger partial charge in [-0.05, 0) is 46.2 Å². The molecule has 0 saturated heterocycles. The van der Waals surface area contributed by atoms with Crippen LogP contribution in [0.3, 0.4) is 0 Å². The van der Waals surface area contributed by atoms with Gasteiger partial charge in [0, 0.05) is 23.6 Å². The number of ether oxygens (including phenoxy) is 3. The Morgan fingerprint density at radius 1 is 0.889 bits per heavy atom. The van der Waals surface area contributed by atoms with Crippen LogP contribution in [-0.4, -0.2) is 7.11 Å². The third kappa shape index (κ3) is 3.10. The van der Waals surface area contributed by atoms with Gasteiger partial charge in [0.25, 0.3) is 0 Å². The quantitative estimate of drug-likeness (QED) is 0.304. The summed E-state index contributed by atoms with van der Waals surface area (Å²) in [5.41, 5.74) is 3.66. The number of fused-ring (bicyclic) bond motifs is 8. The first kappa shape index (κ1) is 21.0. The van der Waals surface area contributed by atoms with Gasteiger partial charge < -0.3 is 18.6 Å². The number of methoxy groups -OCH3 is 1. The average molecular weight is 475 g/mol. The van der Waals surface area contributed by atoms with E-state index in [-0.39, 0.29) is 0 Å². The van der Waals surface area contributed by atoms with Crippen molar-refractivity contribution in [1.82, 2.24) is 0 Å².